The van der Waals surface area contributed by atoms with Crippen molar-refractivity contribution in [3.8, 4) is 28.1 Å². The van der Waals surface area contributed by atoms with Crippen molar-refractivity contribution in [2.45, 2.75) is 26.7 Å². The zero-order chi connectivity index (χ0) is 21.6. The average Bonchev–Trinajstić information content (AvgIpc) is 3.13. The van der Waals surface area contributed by atoms with Crippen molar-refractivity contribution in [1.82, 2.24) is 4.98 Å². The monoisotopic (exact) mass is 434 g/mol. The fraction of sp³-hybridized carbons (Fsp3) is 0.360. The molecule has 3 aromatic rings. The summed E-state index contributed by atoms with van der Waals surface area (Å²) in [4.78, 5) is 20.9. The van der Waals surface area contributed by atoms with Gasteiger partial charge in [0.25, 0.3) is 0 Å². The van der Waals surface area contributed by atoms with Crippen molar-refractivity contribution in [2.75, 3.05) is 31.2 Å². The van der Waals surface area contributed by atoms with Gasteiger partial charge in [0.15, 0.2) is 5.78 Å². The molecular formula is C25H26N2O3S. The van der Waals surface area contributed by atoms with Gasteiger partial charge in [-0.25, -0.2) is 0 Å². The maximum atomic E-state index is 13.0. The van der Waals surface area contributed by atoms with Gasteiger partial charge in [-0.2, -0.15) is 0 Å². The topological polar surface area (TPSA) is 62.7 Å². The lowest BCUT2D eigenvalue weighted by molar-refractivity contribution is 0.0918. The highest BCUT2D eigenvalue weighted by atomic mass is 32.1. The Morgan fingerprint density at radius 3 is 2.68 bits per heavy atom. The smallest absolute Gasteiger partial charge is 0.173 e. The van der Waals surface area contributed by atoms with E-state index in [-0.39, 0.29) is 16.9 Å². The number of thiophene rings is 1. The SMILES string of the molecule is CC1(C)CC(=O)c2sc(N3CCOCC3)c(-c3ccnc(-c4cccc(O)c4)c3)c2C1. The summed E-state index contributed by atoms with van der Waals surface area (Å²) < 4.78 is 5.57. The van der Waals surface area contributed by atoms with Crippen LogP contribution in [0.1, 0.15) is 35.5 Å². The van der Waals surface area contributed by atoms with E-state index in [0.29, 0.717) is 19.6 Å². The number of hydrogen-bond donors (Lipinski definition) is 1. The highest BCUT2D eigenvalue weighted by Crippen LogP contribution is 2.49. The van der Waals surface area contributed by atoms with Gasteiger partial charge in [0.2, 0.25) is 0 Å². The summed E-state index contributed by atoms with van der Waals surface area (Å²) in [5.74, 6) is 0.471. The number of fused-ring (bicyclic) bond motifs is 1. The molecule has 0 unspecified atom stereocenters. The molecule has 0 amide bonds. The summed E-state index contributed by atoms with van der Waals surface area (Å²) in [7, 11) is 0. The Hall–Kier alpha value is -2.70. The summed E-state index contributed by atoms with van der Waals surface area (Å²) >= 11 is 1.64. The summed E-state index contributed by atoms with van der Waals surface area (Å²) in [6.07, 6.45) is 3.29. The number of pyridine rings is 1. The first kappa shape index (κ1) is 20.2. The van der Waals surface area contributed by atoms with Crippen LogP contribution in [0.3, 0.4) is 0 Å². The summed E-state index contributed by atoms with van der Waals surface area (Å²) in [5.41, 5.74) is 5.02. The maximum Gasteiger partial charge on any atom is 0.173 e. The van der Waals surface area contributed by atoms with Gasteiger partial charge >= 0.3 is 0 Å². The number of rotatable bonds is 3. The molecule has 0 radical (unpaired) electrons. The van der Waals surface area contributed by atoms with E-state index in [1.54, 1.807) is 23.5 Å². The third kappa shape index (κ3) is 3.86. The third-order valence-corrected chi connectivity index (χ3v) is 7.36. The van der Waals surface area contributed by atoms with Crippen LogP contribution in [0.15, 0.2) is 42.6 Å². The van der Waals surface area contributed by atoms with Crippen LogP contribution in [0, 0.1) is 5.41 Å². The number of Topliss-reactive ketones (excluding diaryl/α,β-unsaturated/α-hetero) is 1. The largest absolute Gasteiger partial charge is 0.508 e. The van der Waals surface area contributed by atoms with E-state index < -0.39 is 0 Å². The Labute approximate surface area is 186 Å². The Kier molecular flexibility index (Phi) is 5.07. The van der Waals surface area contributed by atoms with Crippen LogP contribution in [-0.2, 0) is 11.2 Å². The van der Waals surface area contributed by atoms with Crippen molar-refractivity contribution in [3.05, 3.63) is 53.0 Å². The molecule has 2 aliphatic rings. The first-order chi connectivity index (χ1) is 14.9. The van der Waals surface area contributed by atoms with E-state index in [4.69, 9.17) is 4.74 Å². The molecule has 1 saturated heterocycles. The zero-order valence-electron chi connectivity index (χ0n) is 17.9. The molecule has 5 nitrogen and oxygen atoms in total. The molecule has 2 aromatic heterocycles. The molecule has 5 rings (SSSR count). The van der Waals surface area contributed by atoms with Crippen LogP contribution in [0.25, 0.3) is 22.4 Å². The fourth-order valence-electron chi connectivity index (χ4n) is 4.60. The normalized spacial score (nSPS) is 18.1. The van der Waals surface area contributed by atoms with Gasteiger partial charge in [0, 0.05) is 36.8 Å². The Bertz CT molecular complexity index is 1150. The number of aromatic nitrogens is 1. The summed E-state index contributed by atoms with van der Waals surface area (Å²) in [5, 5.41) is 11.1. The second-order valence-corrected chi connectivity index (χ2v) is 10.1. The van der Waals surface area contributed by atoms with Crippen molar-refractivity contribution in [2.24, 2.45) is 5.41 Å². The van der Waals surface area contributed by atoms with Crippen molar-refractivity contribution in [3.63, 3.8) is 0 Å². The van der Waals surface area contributed by atoms with Gasteiger partial charge in [-0.3, -0.25) is 9.78 Å². The predicted octanol–water partition coefficient (Wildman–Crippen LogP) is 5.17. The third-order valence-electron chi connectivity index (χ3n) is 6.02. The first-order valence-corrected chi connectivity index (χ1v) is 11.5. The highest BCUT2D eigenvalue weighted by Gasteiger charge is 2.37. The minimum atomic E-state index is -0.0523. The zero-order valence-corrected chi connectivity index (χ0v) is 18.7. The molecular weight excluding hydrogens is 408 g/mol. The average molecular weight is 435 g/mol. The molecule has 1 fully saturated rings. The van der Waals surface area contributed by atoms with Crippen LogP contribution in [-0.4, -0.2) is 42.2 Å². The van der Waals surface area contributed by atoms with E-state index in [0.717, 1.165) is 51.8 Å². The lowest BCUT2D eigenvalue weighted by atomic mass is 9.75. The number of nitrogens with zero attached hydrogens (tertiary/aromatic N) is 2. The number of anilines is 1. The minimum absolute atomic E-state index is 0.0523. The van der Waals surface area contributed by atoms with E-state index in [2.05, 4.69) is 29.8 Å². The predicted molar refractivity (Wildman–Crippen MR) is 124 cm³/mol. The molecule has 0 saturated carbocycles. The van der Waals surface area contributed by atoms with E-state index >= 15 is 0 Å². The Morgan fingerprint density at radius 1 is 1.10 bits per heavy atom. The maximum absolute atomic E-state index is 13.0. The second kappa shape index (κ2) is 7.77. The molecule has 0 spiro atoms. The van der Waals surface area contributed by atoms with Gasteiger partial charge in [0.05, 0.1) is 28.8 Å². The fourth-order valence-corrected chi connectivity index (χ4v) is 5.93. The lowest BCUT2D eigenvalue weighted by Crippen LogP contribution is -2.36. The number of aromatic hydroxyl groups is 1. The Morgan fingerprint density at radius 2 is 1.90 bits per heavy atom. The number of carbonyl (C=O) groups excluding carboxylic acids is 1. The van der Waals surface area contributed by atoms with Crippen LogP contribution in [0.4, 0.5) is 5.00 Å². The second-order valence-electron chi connectivity index (χ2n) is 9.11. The number of hydrogen-bond acceptors (Lipinski definition) is 6. The van der Waals surface area contributed by atoms with E-state index in [1.165, 1.54) is 5.56 Å². The number of morpholine rings is 1. The van der Waals surface area contributed by atoms with Gasteiger partial charge in [0.1, 0.15) is 5.75 Å². The minimum Gasteiger partial charge on any atom is -0.508 e. The first-order valence-electron chi connectivity index (χ1n) is 10.7. The quantitative estimate of drug-likeness (QED) is 0.616. The van der Waals surface area contributed by atoms with Crippen LogP contribution < -0.4 is 4.90 Å². The molecule has 1 aliphatic carbocycles. The molecule has 6 heteroatoms. The Balaban J connectivity index is 1.68. The van der Waals surface area contributed by atoms with Gasteiger partial charge in [-0.15, -0.1) is 11.3 Å². The molecule has 31 heavy (non-hydrogen) atoms. The molecule has 1 N–H and O–H groups in total. The van der Waals surface area contributed by atoms with Crippen LogP contribution in [0.5, 0.6) is 5.75 Å². The van der Waals surface area contributed by atoms with Gasteiger partial charge < -0.3 is 14.7 Å². The van der Waals surface area contributed by atoms with E-state index in [9.17, 15) is 9.90 Å². The van der Waals surface area contributed by atoms with Gasteiger partial charge in [-0.05, 0) is 47.2 Å². The summed E-state index contributed by atoms with van der Waals surface area (Å²) in [6, 6.07) is 11.3. The number of phenolic OH excluding ortho intramolecular Hbond substituents is 1. The van der Waals surface area contributed by atoms with Crippen molar-refractivity contribution < 1.29 is 14.6 Å². The van der Waals surface area contributed by atoms with Gasteiger partial charge in [-0.1, -0.05) is 26.0 Å². The lowest BCUT2D eigenvalue weighted by Gasteiger charge is -2.30. The van der Waals surface area contributed by atoms with Crippen LogP contribution >= 0.6 is 11.3 Å². The molecule has 0 bridgehead atoms. The van der Waals surface area contributed by atoms with E-state index in [1.807, 2.05) is 24.4 Å². The summed E-state index contributed by atoms with van der Waals surface area (Å²) in [6.45, 7) is 7.41. The molecule has 0 atom stereocenters. The van der Waals surface area contributed by atoms with Crippen LogP contribution in [0.2, 0.25) is 0 Å². The number of ketones is 1. The molecule has 1 aliphatic heterocycles. The molecule has 3 heterocycles. The number of benzene rings is 1. The highest BCUT2D eigenvalue weighted by molar-refractivity contribution is 7.19. The number of phenols is 1. The van der Waals surface area contributed by atoms with Crippen molar-refractivity contribution in [1.29, 1.82) is 0 Å². The molecule has 1 aromatic carbocycles. The standard InChI is InChI=1S/C25H26N2O3S/c1-25(2)14-19-22(17-6-7-26-20(13-17)16-4-3-5-18(28)12-16)24(27-8-10-30-11-9-27)31-23(19)21(29)15-25/h3-7,12-13,28H,8-11,14-15H2,1-2H3. The number of ether oxygens (including phenoxy) is 1. The molecule has 160 valence electrons. The number of carbonyl (C=O) groups is 1. The van der Waals surface area contributed by atoms with Crippen molar-refractivity contribution >= 4 is 22.1 Å².